The first kappa shape index (κ1) is 19.2. The lowest BCUT2D eigenvalue weighted by atomic mass is 9.44. The SMILES string of the molecule is C=C(C(=N)c1cc(Cl)c(F)cc1F)c1ccc2ncc(N3CC4[B]CC4C3)cc2n1. The van der Waals surface area contributed by atoms with Crippen molar-refractivity contribution in [2.45, 2.75) is 12.1 Å². The Morgan fingerprint density at radius 2 is 2.00 bits per heavy atom. The highest BCUT2D eigenvalue weighted by atomic mass is 35.5. The summed E-state index contributed by atoms with van der Waals surface area (Å²) in [7, 11) is 2.37. The smallest absolute Gasteiger partial charge is 0.144 e. The van der Waals surface area contributed by atoms with Crippen molar-refractivity contribution >= 4 is 46.9 Å². The molecule has 3 aromatic rings. The zero-order chi connectivity index (χ0) is 21.0. The second kappa shape index (κ2) is 7.16. The highest BCUT2D eigenvalue weighted by molar-refractivity contribution is 6.42. The van der Waals surface area contributed by atoms with Crippen LogP contribution in [-0.2, 0) is 0 Å². The first-order valence-electron chi connectivity index (χ1n) is 9.69. The number of hydrogen-bond acceptors (Lipinski definition) is 4. The summed E-state index contributed by atoms with van der Waals surface area (Å²) < 4.78 is 27.6. The minimum atomic E-state index is -0.869. The molecule has 2 fully saturated rings. The molecule has 2 aromatic heterocycles. The molecule has 0 spiro atoms. The highest BCUT2D eigenvalue weighted by Gasteiger charge is 2.39. The number of anilines is 1. The van der Waals surface area contributed by atoms with Gasteiger partial charge in [0.15, 0.2) is 0 Å². The molecule has 4 nitrogen and oxygen atoms in total. The van der Waals surface area contributed by atoms with Gasteiger partial charge < -0.3 is 4.90 Å². The molecule has 2 unspecified atom stereocenters. The van der Waals surface area contributed by atoms with Gasteiger partial charge in [-0.2, -0.15) is 0 Å². The number of aromatic nitrogens is 2. The largest absolute Gasteiger partial charge is 0.370 e. The van der Waals surface area contributed by atoms with E-state index in [0.29, 0.717) is 23.1 Å². The lowest BCUT2D eigenvalue weighted by Crippen LogP contribution is -2.25. The molecule has 0 bridgehead atoms. The van der Waals surface area contributed by atoms with Crippen LogP contribution < -0.4 is 4.90 Å². The van der Waals surface area contributed by atoms with Crippen molar-refractivity contribution in [3.63, 3.8) is 0 Å². The van der Waals surface area contributed by atoms with Gasteiger partial charge >= 0.3 is 0 Å². The quantitative estimate of drug-likeness (QED) is 0.366. The van der Waals surface area contributed by atoms with Crippen LogP contribution in [0.1, 0.15) is 11.3 Å². The van der Waals surface area contributed by atoms with Crippen LogP contribution in [0.15, 0.2) is 43.1 Å². The molecule has 4 heterocycles. The maximum atomic E-state index is 14.2. The van der Waals surface area contributed by atoms with E-state index in [9.17, 15) is 8.78 Å². The van der Waals surface area contributed by atoms with Gasteiger partial charge in [0.25, 0.3) is 0 Å². The Kier molecular flexibility index (Phi) is 4.58. The molecule has 1 aromatic carbocycles. The van der Waals surface area contributed by atoms with Crippen molar-refractivity contribution < 1.29 is 8.78 Å². The molecule has 149 valence electrons. The van der Waals surface area contributed by atoms with Crippen LogP contribution in [0, 0.1) is 23.0 Å². The maximum absolute atomic E-state index is 14.2. The van der Waals surface area contributed by atoms with Gasteiger partial charge in [0.2, 0.25) is 0 Å². The predicted molar refractivity (Wildman–Crippen MR) is 117 cm³/mol. The molecule has 2 atom stereocenters. The number of nitrogens with one attached hydrogen (secondary N) is 1. The van der Waals surface area contributed by atoms with E-state index in [1.165, 1.54) is 6.32 Å². The molecule has 0 amide bonds. The molecule has 0 saturated carbocycles. The van der Waals surface area contributed by atoms with Crippen LogP contribution in [0.4, 0.5) is 14.5 Å². The molecule has 0 aliphatic carbocycles. The van der Waals surface area contributed by atoms with Gasteiger partial charge in [-0.1, -0.05) is 24.5 Å². The van der Waals surface area contributed by atoms with E-state index in [4.69, 9.17) is 17.0 Å². The second-order valence-corrected chi connectivity index (χ2v) is 8.24. The van der Waals surface area contributed by atoms with E-state index < -0.39 is 11.6 Å². The number of fused-ring (bicyclic) bond motifs is 2. The van der Waals surface area contributed by atoms with Gasteiger partial charge in [-0.15, -0.1) is 0 Å². The molecular formula is C22H17BClF2N4. The number of halogens is 3. The summed E-state index contributed by atoms with van der Waals surface area (Å²) >= 11 is 5.76. The molecule has 2 saturated heterocycles. The van der Waals surface area contributed by atoms with E-state index in [-0.39, 0.29) is 21.9 Å². The summed E-state index contributed by atoms with van der Waals surface area (Å²) in [5.74, 6) is -0.338. The Morgan fingerprint density at radius 3 is 2.70 bits per heavy atom. The Morgan fingerprint density at radius 1 is 1.17 bits per heavy atom. The van der Waals surface area contributed by atoms with Gasteiger partial charge in [-0.25, -0.2) is 13.8 Å². The summed E-state index contributed by atoms with van der Waals surface area (Å²) in [5, 5.41) is 8.08. The molecule has 30 heavy (non-hydrogen) atoms. The Hall–Kier alpha value is -2.80. The zero-order valence-corrected chi connectivity index (χ0v) is 16.8. The molecule has 1 radical (unpaired) electrons. The average Bonchev–Trinajstić information content (AvgIpc) is 3.03. The van der Waals surface area contributed by atoms with Crippen LogP contribution in [0.2, 0.25) is 17.2 Å². The summed E-state index contributed by atoms with van der Waals surface area (Å²) in [6, 6.07) is 7.25. The lowest BCUT2D eigenvalue weighted by Gasteiger charge is -2.26. The number of nitrogens with zero attached hydrogens (tertiary/aromatic N) is 3. The number of rotatable bonds is 4. The minimum Gasteiger partial charge on any atom is -0.370 e. The second-order valence-electron chi connectivity index (χ2n) is 7.83. The normalized spacial score (nSPS) is 19.9. The maximum Gasteiger partial charge on any atom is 0.144 e. The third-order valence-corrected chi connectivity index (χ3v) is 6.30. The fraction of sp³-hybridized carbons (Fsp3) is 0.227. The van der Waals surface area contributed by atoms with Crippen LogP contribution in [0.5, 0.6) is 0 Å². The topological polar surface area (TPSA) is 52.9 Å². The number of allylic oxidation sites excluding steroid dienone is 1. The number of hydrogen-bond donors (Lipinski definition) is 1. The summed E-state index contributed by atoms with van der Waals surface area (Å²) in [4.78, 5) is 11.5. The fourth-order valence-electron chi connectivity index (χ4n) is 4.12. The summed E-state index contributed by atoms with van der Waals surface area (Å²) in [6.45, 7) is 5.93. The van der Waals surface area contributed by atoms with Crippen molar-refractivity contribution in [2.24, 2.45) is 5.92 Å². The van der Waals surface area contributed by atoms with Gasteiger partial charge in [0.05, 0.1) is 39.3 Å². The third kappa shape index (κ3) is 3.17. The molecule has 2 aliphatic rings. The molecule has 8 heteroatoms. The van der Waals surface area contributed by atoms with Crippen LogP contribution in [0.25, 0.3) is 16.6 Å². The van der Waals surface area contributed by atoms with Gasteiger partial charge in [-0.3, -0.25) is 10.4 Å². The monoisotopic (exact) mass is 421 g/mol. The Balaban J connectivity index is 1.46. The first-order chi connectivity index (χ1) is 14.4. The van der Waals surface area contributed by atoms with Crippen LogP contribution in [0.3, 0.4) is 0 Å². The zero-order valence-electron chi connectivity index (χ0n) is 16.0. The van der Waals surface area contributed by atoms with Gasteiger partial charge in [0.1, 0.15) is 18.9 Å². The molecule has 5 rings (SSSR count). The Labute approximate surface area is 178 Å². The van der Waals surface area contributed by atoms with Gasteiger partial charge in [0, 0.05) is 30.3 Å². The van der Waals surface area contributed by atoms with Crippen molar-refractivity contribution in [2.75, 3.05) is 18.0 Å². The highest BCUT2D eigenvalue weighted by Crippen LogP contribution is 2.42. The minimum absolute atomic E-state index is 0.121. The van der Waals surface area contributed by atoms with Crippen molar-refractivity contribution in [1.29, 1.82) is 5.41 Å². The van der Waals surface area contributed by atoms with Crippen molar-refractivity contribution in [3.8, 4) is 0 Å². The van der Waals surface area contributed by atoms with E-state index in [1.54, 1.807) is 12.1 Å². The van der Waals surface area contributed by atoms with Crippen molar-refractivity contribution in [1.82, 2.24) is 9.97 Å². The van der Waals surface area contributed by atoms with E-state index in [1.807, 2.05) is 12.3 Å². The number of benzene rings is 1. The summed E-state index contributed by atoms with van der Waals surface area (Å²) in [5.41, 5.74) is 2.76. The van der Waals surface area contributed by atoms with Gasteiger partial charge in [-0.05, 0) is 36.0 Å². The Bertz CT molecular complexity index is 1200. The van der Waals surface area contributed by atoms with Crippen LogP contribution >= 0.6 is 11.6 Å². The fourth-order valence-corrected chi connectivity index (χ4v) is 4.28. The van der Waals surface area contributed by atoms with E-state index in [2.05, 4.69) is 28.7 Å². The number of pyridine rings is 2. The first-order valence-corrected chi connectivity index (χ1v) is 10.1. The standard InChI is InChI=1S/C22H17BClF2N4/c1-11(22(27)14-5-16(24)18(26)6-17(14)25)19-2-3-20-21(29-19)4-13(8-28-20)30-9-12-7-23-15(12)10-30/h2-6,8,12,15,27H,1,7,9-10H2. The predicted octanol–water partition coefficient (Wildman–Crippen LogP) is 5.00. The van der Waals surface area contributed by atoms with Crippen LogP contribution in [-0.4, -0.2) is 36.0 Å². The molecular weight excluding hydrogens is 405 g/mol. The molecule has 2 aliphatic heterocycles. The van der Waals surface area contributed by atoms with E-state index >= 15 is 0 Å². The third-order valence-electron chi connectivity index (χ3n) is 6.01. The summed E-state index contributed by atoms with van der Waals surface area (Å²) in [6.07, 6.45) is 3.04. The van der Waals surface area contributed by atoms with Crippen molar-refractivity contribution in [3.05, 3.63) is 71.0 Å². The average molecular weight is 422 g/mol. The lowest BCUT2D eigenvalue weighted by molar-refractivity contribution is 0.582. The van der Waals surface area contributed by atoms with E-state index in [0.717, 1.165) is 36.3 Å². The molecule has 1 N–H and O–H groups in total.